The summed E-state index contributed by atoms with van der Waals surface area (Å²) < 4.78 is 5.58. The van der Waals surface area contributed by atoms with Crippen molar-refractivity contribution in [3.05, 3.63) is 66.2 Å². The van der Waals surface area contributed by atoms with Gasteiger partial charge in [-0.2, -0.15) is 0 Å². The van der Waals surface area contributed by atoms with Gasteiger partial charge in [-0.25, -0.2) is 0 Å². The highest BCUT2D eigenvalue weighted by molar-refractivity contribution is 5.92. The monoisotopic (exact) mass is 352 g/mol. The van der Waals surface area contributed by atoms with Gasteiger partial charge in [-0.1, -0.05) is 48.5 Å². The fourth-order valence-electron chi connectivity index (χ4n) is 3.34. The molecular weight excluding hydrogens is 324 g/mol. The molecule has 0 bridgehead atoms. The Balaban J connectivity index is 1.68. The zero-order chi connectivity index (χ0) is 18.2. The van der Waals surface area contributed by atoms with Crippen LogP contribution < -0.4 is 16.4 Å². The van der Waals surface area contributed by atoms with E-state index in [-0.39, 0.29) is 11.6 Å². The highest BCUT2D eigenvalue weighted by atomic mass is 16.5. The van der Waals surface area contributed by atoms with Crippen LogP contribution >= 0.6 is 0 Å². The van der Waals surface area contributed by atoms with Crippen LogP contribution in [0, 0.1) is 0 Å². The van der Waals surface area contributed by atoms with Crippen molar-refractivity contribution in [3.63, 3.8) is 0 Å². The maximum Gasteiger partial charge on any atom is 0.193 e. The smallest absolute Gasteiger partial charge is 0.193 e. The fraction of sp³-hybridized carbons (Fsp3) is 0.381. The number of nitrogens with zero attached hydrogens (tertiary/aromatic N) is 1. The molecule has 5 heteroatoms. The van der Waals surface area contributed by atoms with Crippen molar-refractivity contribution < 1.29 is 4.74 Å². The van der Waals surface area contributed by atoms with Gasteiger partial charge >= 0.3 is 0 Å². The van der Waals surface area contributed by atoms with Crippen LogP contribution in [-0.4, -0.2) is 31.3 Å². The molecule has 1 unspecified atom stereocenters. The molecule has 1 heterocycles. The average Bonchev–Trinajstić information content (AvgIpc) is 2.69. The number of nitrogens with one attached hydrogen (secondary N) is 2. The molecule has 0 aromatic heterocycles. The van der Waals surface area contributed by atoms with Crippen molar-refractivity contribution in [1.82, 2.24) is 5.32 Å². The SMILES string of the molecule is CC(NC1(CN=C(N)Nc2ccccc2)CCOCC1)c1ccccc1. The molecule has 4 N–H and O–H groups in total. The number of para-hydroxylation sites is 1. The molecule has 1 atom stereocenters. The van der Waals surface area contributed by atoms with Crippen molar-refractivity contribution in [2.24, 2.45) is 10.7 Å². The Bertz CT molecular complexity index is 696. The summed E-state index contributed by atoms with van der Waals surface area (Å²) in [7, 11) is 0. The molecule has 3 rings (SSSR count). The summed E-state index contributed by atoms with van der Waals surface area (Å²) in [6.07, 6.45) is 1.85. The number of guanidine groups is 1. The van der Waals surface area contributed by atoms with E-state index in [1.54, 1.807) is 0 Å². The second-order valence-corrected chi connectivity index (χ2v) is 6.86. The van der Waals surface area contributed by atoms with E-state index in [1.165, 1.54) is 5.56 Å². The normalized spacial score (nSPS) is 18.3. The molecular formula is C21H28N4O. The van der Waals surface area contributed by atoms with E-state index in [1.807, 2.05) is 36.4 Å². The van der Waals surface area contributed by atoms with Crippen molar-refractivity contribution in [2.75, 3.05) is 25.1 Å². The van der Waals surface area contributed by atoms with Crippen LogP contribution in [0.15, 0.2) is 65.7 Å². The van der Waals surface area contributed by atoms with Gasteiger partial charge in [0.15, 0.2) is 5.96 Å². The number of nitrogens with two attached hydrogens (primary N) is 1. The molecule has 1 aliphatic rings. The molecule has 1 saturated heterocycles. The van der Waals surface area contributed by atoms with Crippen LogP contribution in [0.4, 0.5) is 5.69 Å². The predicted octanol–water partition coefficient (Wildman–Crippen LogP) is 3.31. The maximum absolute atomic E-state index is 6.10. The third-order valence-corrected chi connectivity index (χ3v) is 4.87. The minimum atomic E-state index is -0.101. The molecule has 0 spiro atoms. The molecule has 2 aromatic carbocycles. The van der Waals surface area contributed by atoms with E-state index in [0.29, 0.717) is 12.5 Å². The maximum atomic E-state index is 6.10. The topological polar surface area (TPSA) is 71.7 Å². The van der Waals surface area contributed by atoms with Gasteiger partial charge in [-0.05, 0) is 37.5 Å². The minimum Gasteiger partial charge on any atom is -0.381 e. The molecule has 138 valence electrons. The van der Waals surface area contributed by atoms with Gasteiger partial charge < -0.3 is 21.1 Å². The van der Waals surface area contributed by atoms with Crippen LogP contribution in [0.25, 0.3) is 0 Å². The van der Waals surface area contributed by atoms with Gasteiger partial charge in [-0.3, -0.25) is 4.99 Å². The molecule has 0 aliphatic carbocycles. The molecule has 0 saturated carbocycles. The van der Waals surface area contributed by atoms with Crippen LogP contribution in [0.3, 0.4) is 0 Å². The Morgan fingerprint density at radius 3 is 2.35 bits per heavy atom. The van der Waals surface area contributed by atoms with E-state index in [9.17, 15) is 0 Å². The van der Waals surface area contributed by atoms with E-state index in [0.717, 1.165) is 31.7 Å². The highest BCUT2D eigenvalue weighted by Gasteiger charge is 2.33. The first-order chi connectivity index (χ1) is 12.7. The van der Waals surface area contributed by atoms with E-state index >= 15 is 0 Å². The van der Waals surface area contributed by atoms with Crippen molar-refractivity contribution in [3.8, 4) is 0 Å². The molecule has 5 nitrogen and oxygen atoms in total. The highest BCUT2D eigenvalue weighted by Crippen LogP contribution is 2.26. The number of aliphatic imine (C=N–C) groups is 1. The van der Waals surface area contributed by atoms with Crippen LogP contribution in [0.5, 0.6) is 0 Å². The molecule has 2 aromatic rings. The molecule has 1 fully saturated rings. The number of hydrogen-bond acceptors (Lipinski definition) is 3. The van der Waals surface area contributed by atoms with Crippen molar-refractivity contribution in [1.29, 1.82) is 0 Å². The second kappa shape index (κ2) is 8.83. The Morgan fingerprint density at radius 1 is 1.08 bits per heavy atom. The Morgan fingerprint density at radius 2 is 1.69 bits per heavy atom. The largest absolute Gasteiger partial charge is 0.381 e. The average molecular weight is 352 g/mol. The zero-order valence-electron chi connectivity index (χ0n) is 15.3. The number of anilines is 1. The number of hydrogen-bond donors (Lipinski definition) is 3. The quantitative estimate of drug-likeness (QED) is 0.551. The lowest BCUT2D eigenvalue weighted by Crippen LogP contribution is -2.53. The zero-order valence-corrected chi connectivity index (χ0v) is 15.3. The summed E-state index contributed by atoms with van der Waals surface area (Å²) in [5.41, 5.74) is 8.22. The minimum absolute atomic E-state index is 0.101. The number of benzene rings is 2. The molecule has 1 aliphatic heterocycles. The van der Waals surface area contributed by atoms with Crippen LogP contribution in [-0.2, 0) is 4.74 Å². The van der Waals surface area contributed by atoms with E-state index < -0.39 is 0 Å². The van der Waals surface area contributed by atoms with Gasteiger partial charge in [0.25, 0.3) is 0 Å². The lowest BCUT2D eigenvalue weighted by Gasteiger charge is -2.39. The molecule has 26 heavy (non-hydrogen) atoms. The molecule has 0 amide bonds. The van der Waals surface area contributed by atoms with Crippen molar-refractivity contribution >= 4 is 11.6 Å². The summed E-state index contributed by atoms with van der Waals surface area (Å²) in [6, 6.07) is 20.6. The van der Waals surface area contributed by atoms with Gasteiger partial charge in [0.1, 0.15) is 0 Å². The standard InChI is InChI=1S/C21H28N4O/c1-17(18-8-4-2-5-9-18)25-21(12-14-26-15-13-21)16-23-20(22)24-19-10-6-3-7-11-19/h2-11,17,25H,12-16H2,1H3,(H3,22,23,24). The van der Waals surface area contributed by atoms with Crippen LogP contribution in [0.1, 0.15) is 31.4 Å². The van der Waals surface area contributed by atoms with Gasteiger partial charge in [0.2, 0.25) is 0 Å². The third kappa shape index (κ3) is 5.07. The van der Waals surface area contributed by atoms with Gasteiger partial charge in [0, 0.05) is 30.5 Å². The Kier molecular flexibility index (Phi) is 6.26. The summed E-state index contributed by atoms with van der Waals surface area (Å²) in [6.45, 7) is 4.31. The summed E-state index contributed by atoms with van der Waals surface area (Å²) in [4.78, 5) is 4.63. The first kappa shape index (κ1) is 18.4. The van der Waals surface area contributed by atoms with Crippen LogP contribution in [0.2, 0.25) is 0 Å². The van der Waals surface area contributed by atoms with Gasteiger partial charge in [-0.15, -0.1) is 0 Å². The van der Waals surface area contributed by atoms with Gasteiger partial charge in [0.05, 0.1) is 6.54 Å². The predicted molar refractivity (Wildman–Crippen MR) is 107 cm³/mol. The lowest BCUT2D eigenvalue weighted by molar-refractivity contribution is 0.0375. The van der Waals surface area contributed by atoms with E-state index in [4.69, 9.17) is 10.5 Å². The first-order valence-corrected chi connectivity index (χ1v) is 9.19. The number of rotatable bonds is 6. The summed E-state index contributed by atoms with van der Waals surface area (Å²) >= 11 is 0. The second-order valence-electron chi connectivity index (χ2n) is 6.86. The fourth-order valence-corrected chi connectivity index (χ4v) is 3.34. The third-order valence-electron chi connectivity index (χ3n) is 4.87. The van der Waals surface area contributed by atoms with Crippen molar-refractivity contribution in [2.45, 2.75) is 31.3 Å². The Hall–Kier alpha value is -2.37. The number of ether oxygens (including phenoxy) is 1. The lowest BCUT2D eigenvalue weighted by atomic mass is 9.88. The van der Waals surface area contributed by atoms with E-state index in [2.05, 4.69) is 46.8 Å². The molecule has 0 radical (unpaired) electrons. The summed E-state index contributed by atoms with van der Waals surface area (Å²) in [5, 5.41) is 6.95. The Labute approximate surface area is 155 Å². The first-order valence-electron chi connectivity index (χ1n) is 9.19. The summed E-state index contributed by atoms with van der Waals surface area (Å²) in [5.74, 6) is 0.441.